The van der Waals surface area contributed by atoms with E-state index >= 15 is 0 Å². The molecule has 0 aliphatic heterocycles. The summed E-state index contributed by atoms with van der Waals surface area (Å²) in [5, 5.41) is 2.99. The summed E-state index contributed by atoms with van der Waals surface area (Å²) in [6.07, 6.45) is 1.67. The number of halogens is 1. The predicted octanol–water partition coefficient (Wildman–Crippen LogP) is 3.61. The first-order valence-electron chi connectivity index (χ1n) is 5.68. The van der Waals surface area contributed by atoms with E-state index in [1.54, 1.807) is 6.07 Å². The summed E-state index contributed by atoms with van der Waals surface area (Å²) in [6, 6.07) is 5.52. The van der Waals surface area contributed by atoms with Gasteiger partial charge in [0.2, 0.25) is 0 Å². The van der Waals surface area contributed by atoms with Crippen LogP contribution >= 0.6 is 0 Å². The van der Waals surface area contributed by atoms with Crippen molar-refractivity contribution in [2.24, 2.45) is 0 Å². The highest BCUT2D eigenvalue weighted by molar-refractivity contribution is 5.27. The van der Waals surface area contributed by atoms with Gasteiger partial charge >= 0.3 is 0 Å². The van der Waals surface area contributed by atoms with Gasteiger partial charge in [-0.05, 0) is 36.0 Å². The molecule has 0 spiro atoms. The Morgan fingerprint density at radius 1 is 1.44 bits per heavy atom. The third-order valence-corrected chi connectivity index (χ3v) is 2.76. The number of nitrogens with one attached hydrogen (secondary N) is 1. The molecule has 0 atom stereocenters. The molecule has 1 N–H and O–H groups in total. The van der Waals surface area contributed by atoms with Crippen molar-refractivity contribution < 1.29 is 4.39 Å². The van der Waals surface area contributed by atoms with E-state index in [4.69, 9.17) is 0 Å². The van der Waals surface area contributed by atoms with Crippen molar-refractivity contribution in [3.05, 3.63) is 47.4 Å². The lowest BCUT2D eigenvalue weighted by molar-refractivity contribution is 0.595. The normalized spacial score (nSPS) is 10.6. The van der Waals surface area contributed by atoms with Gasteiger partial charge in [-0.25, -0.2) is 4.39 Å². The van der Waals surface area contributed by atoms with Gasteiger partial charge in [0.15, 0.2) is 0 Å². The lowest BCUT2D eigenvalue weighted by atomic mass is 9.99. The largest absolute Gasteiger partial charge is 0.392 e. The highest BCUT2D eigenvalue weighted by Gasteiger charge is 2.07. The molecule has 0 aromatic heterocycles. The van der Waals surface area contributed by atoms with E-state index in [0.717, 1.165) is 29.7 Å². The third-order valence-electron chi connectivity index (χ3n) is 2.76. The lowest BCUT2D eigenvalue weighted by Gasteiger charge is -2.09. The smallest absolute Gasteiger partial charge is 0.126 e. The van der Waals surface area contributed by atoms with Gasteiger partial charge in [0.25, 0.3) is 0 Å². The van der Waals surface area contributed by atoms with E-state index in [0.29, 0.717) is 0 Å². The van der Waals surface area contributed by atoms with Gasteiger partial charge in [0.1, 0.15) is 5.82 Å². The predicted molar refractivity (Wildman–Crippen MR) is 67.0 cm³/mol. The van der Waals surface area contributed by atoms with E-state index in [1.165, 1.54) is 0 Å². The summed E-state index contributed by atoms with van der Waals surface area (Å²) in [6.45, 7) is 7.85. The van der Waals surface area contributed by atoms with Crippen LogP contribution in [0.15, 0.2) is 30.5 Å². The van der Waals surface area contributed by atoms with E-state index in [1.807, 2.05) is 33.0 Å². The minimum Gasteiger partial charge on any atom is -0.392 e. The average molecular weight is 221 g/mol. The Bertz CT molecular complexity index is 369. The van der Waals surface area contributed by atoms with Crippen molar-refractivity contribution in [1.82, 2.24) is 5.32 Å². The summed E-state index contributed by atoms with van der Waals surface area (Å²) in [7, 11) is 1.85. The molecule has 0 saturated heterocycles. The summed E-state index contributed by atoms with van der Waals surface area (Å²) < 4.78 is 13.7. The maximum Gasteiger partial charge on any atom is 0.126 e. The summed E-state index contributed by atoms with van der Waals surface area (Å²) >= 11 is 0. The van der Waals surface area contributed by atoms with E-state index < -0.39 is 0 Å². The van der Waals surface area contributed by atoms with Gasteiger partial charge in [-0.3, -0.25) is 0 Å². The molecule has 1 rings (SSSR count). The minimum atomic E-state index is -0.0948. The fraction of sp³-hybridized carbons (Fsp3) is 0.429. The Hall–Kier alpha value is -1.31. The molecule has 1 aromatic rings. The van der Waals surface area contributed by atoms with Gasteiger partial charge < -0.3 is 5.32 Å². The first-order valence-corrected chi connectivity index (χ1v) is 5.68. The van der Waals surface area contributed by atoms with Crippen LogP contribution in [-0.2, 0) is 6.42 Å². The summed E-state index contributed by atoms with van der Waals surface area (Å²) in [5.74, 6) is 0.142. The molecule has 0 bridgehead atoms. The maximum absolute atomic E-state index is 13.7. The first-order chi connectivity index (χ1) is 7.54. The van der Waals surface area contributed by atoms with E-state index in [2.05, 4.69) is 11.9 Å². The molecule has 88 valence electrons. The first kappa shape index (κ1) is 12.8. The highest BCUT2D eigenvalue weighted by atomic mass is 19.1. The van der Waals surface area contributed by atoms with E-state index in [9.17, 15) is 4.39 Å². The quantitative estimate of drug-likeness (QED) is 0.800. The minimum absolute atomic E-state index is 0.0948. The molecule has 16 heavy (non-hydrogen) atoms. The Balaban J connectivity index is 2.70. The van der Waals surface area contributed by atoms with Gasteiger partial charge in [0.05, 0.1) is 0 Å². The van der Waals surface area contributed by atoms with Crippen LogP contribution in [-0.4, -0.2) is 7.05 Å². The van der Waals surface area contributed by atoms with Crippen LogP contribution < -0.4 is 5.32 Å². The van der Waals surface area contributed by atoms with Crippen LogP contribution in [0.2, 0.25) is 0 Å². The number of rotatable bonds is 5. The van der Waals surface area contributed by atoms with E-state index in [-0.39, 0.29) is 11.7 Å². The molecule has 2 heteroatoms. The number of hydrogen-bond acceptors (Lipinski definition) is 1. The molecule has 1 aromatic carbocycles. The number of aryl methyl sites for hydroxylation is 1. The Morgan fingerprint density at radius 3 is 2.62 bits per heavy atom. The molecule has 0 aliphatic carbocycles. The van der Waals surface area contributed by atoms with Crippen molar-refractivity contribution in [1.29, 1.82) is 0 Å². The van der Waals surface area contributed by atoms with Crippen molar-refractivity contribution in [2.45, 2.75) is 32.6 Å². The highest BCUT2D eigenvalue weighted by Crippen LogP contribution is 2.20. The van der Waals surface area contributed by atoms with Crippen LogP contribution in [0.3, 0.4) is 0 Å². The second-order valence-corrected chi connectivity index (χ2v) is 4.36. The number of allylic oxidation sites excluding steroid dienone is 1. The topological polar surface area (TPSA) is 12.0 Å². The fourth-order valence-electron chi connectivity index (χ4n) is 1.61. The monoisotopic (exact) mass is 221 g/mol. The standard InChI is InChI=1S/C14H20FN/c1-10(2)13-8-7-12(9-14(13)15)6-5-11(3)16-4/h7-10,16H,3,5-6H2,1-2,4H3. The van der Waals surface area contributed by atoms with Gasteiger partial charge in [-0.15, -0.1) is 0 Å². The van der Waals surface area contributed by atoms with Crippen molar-refractivity contribution in [2.75, 3.05) is 7.05 Å². The summed E-state index contributed by atoms with van der Waals surface area (Å²) in [4.78, 5) is 0. The van der Waals surface area contributed by atoms with Crippen LogP contribution in [0.25, 0.3) is 0 Å². The van der Waals surface area contributed by atoms with Gasteiger partial charge in [0, 0.05) is 12.7 Å². The lowest BCUT2D eigenvalue weighted by Crippen LogP contribution is -2.05. The zero-order chi connectivity index (χ0) is 12.1. The number of benzene rings is 1. The summed E-state index contributed by atoms with van der Waals surface area (Å²) in [5.41, 5.74) is 2.79. The molecule has 0 aliphatic rings. The van der Waals surface area contributed by atoms with Crippen molar-refractivity contribution in [3.63, 3.8) is 0 Å². The molecule has 0 amide bonds. The van der Waals surface area contributed by atoms with Gasteiger partial charge in [-0.1, -0.05) is 32.6 Å². The van der Waals surface area contributed by atoms with Crippen LogP contribution in [0.5, 0.6) is 0 Å². The Kier molecular flexibility index (Phi) is 4.53. The molecule has 0 radical (unpaired) electrons. The van der Waals surface area contributed by atoms with Crippen molar-refractivity contribution in [3.8, 4) is 0 Å². The molecule has 0 heterocycles. The molecular weight excluding hydrogens is 201 g/mol. The number of hydrogen-bond donors (Lipinski definition) is 1. The van der Waals surface area contributed by atoms with Crippen LogP contribution in [0.1, 0.15) is 37.3 Å². The molecule has 0 unspecified atom stereocenters. The second kappa shape index (κ2) is 5.69. The molecular formula is C14H20FN. The zero-order valence-corrected chi connectivity index (χ0v) is 10.3. The molecule has 0 fully saturated rings. The Morgan fingerprint density at radius 2 is 2.12 bits per heavy atom. The van der Waals surface area contributed by atoms with Crippen molar-refractivity contribution >= 4 is 0 Å². The molecule has 0 saturated carbocycles. The molecule has 1 nitrogen and oxygen atoms in total. The van der Waals surface area contributed by atoms with Crippen LogP contribution in [0, 0.1) is 5.82 Å². The van der Waals surface area contributed by atoms with Gasteiger partial charge in [-0.2, -0.15) is 0 Å². The van der Waals surface area contributed by atoms with Crippen LogP contribution in [0.4, 0.5) is 4.39 Å². The maximum atomic E-state index is 13.7. The Labute approximate surface area is 97.4 Å². The average Bonchev–Trinajstić information content (AvgIpc) is 2.25. The fourth-order valence-corrected chi connectivity index (χ4v) is 1.61. The second-order valence-electron chi connectivity index (χ2n) is 4.36. The SMILES string of the molecule is C=C(CCc1ccc(C(C)C)c(F)c1)NC. The zero-order valence-electron chi connectivity index (χ0n) is 10.3. The third kappa shape index (κ3) is 3.37.